The standard InChI is InChI=1S/C15H22N2O2S.ClH/c1-16-9-11-2-5-17(6-3-11)15(18)14-8-12-10-19-7-4-13(12)20-14;/h8,11,16H,2-7,9-10H2,1H3;1H. The molecule has 3 heterocycles. The van der Waals surface area contributed by atoms with Crippen molar-refractivity contribution in [2.45, 2.75) is 25.9 Å². The molecule has 0 bridgehead atoms. The lowest BCUT2D eigenvalue weighted by atomic mass is 9.97. The molecule has 3 rings (SSSR count). The summed E-state index contributed by atoms with van der Waals surface area (Å²) in [6.45, 7) is 4.31. The fourth-order valence-corrected chi connectivity index (χ4v) is 4.15. The molecule has 118 valence electrons. The number of piperidine rings is 1. The first kappa shape index (κ1) is 16.7. The topological polar surface area (TPSA) is 41.6 Å². The first-order valence-electron chi connectivity index (χ1n) is 7.41. The molecule has 1 amide bonds. The highest BCUT2D eigenvalue weighted by Gasteiger charge is 2.25. The number of thiophene rings is 1. The number of hydrogen-bond donors (Lipinski definition) is 1. The van der Waals surface area contributed by atoms with Crippen molar-refractivity contribution in [3.8, 4) is 0 Å². The molecule has 2 aliphatic rings. The average molecular weight is 331 g/mol. The van der Waals surface area contributed by atoms with E-state index in [0.717, 1.165) is 50.4 Å². The molecule has 2 aliphatic heterocycles. The van der Waals surface area contributed by atoms with E-state index in [1.54, 1.807) is 11.3 Å². The summed E-state index contributed by atoms with van der Waals surface area (Å²) in [5, 5.41) is 3.23. The van der Waals surface area contributed by atoms with Crippen molar-refractivity contribution in [1.29, 1.82) is 0 Å². The highest BCUT2D eigenvalue weighted by Crippen LogP contribution is 2.29. The van der Waals surface area contributed by atoms with Crippen LogP contribution < -0.4 is 5.32 Å². The molecule has 1 N–H and O–H groups in total. The van der Waals surface area contributed by atoms with Gasteiger partial charge in [-0.1, -0.05) is 0 Å². The fraction of sp³-hybridized carbons (Fsp3) is 0.667. The number of nitrogens with one attached hydrogen (secondary N) is 1. The number of ether oxygens (including phenoxy) is 1. The highest BCUT2D eigenvalue weighted by molar-refractivity contribution is 7.14. The number of halogens is 1. The molecule has 1 aromatic rings. The van der Waals surface area contributed by atoms with Gasteiger partial charge in [0.15, 0.2) is 0 Å². The van der Waals surface area contributed by atoms with Crippen LogP contribution in [0.15, 0.2) is 6.07 Å². The average Bonchev–Trinajstić information content (AvgIpc) is 2.91. The van der Waals surface area contributed by atoms with Crippen LogP contribution in [0.5, 0.6) is 0 Å². The molecule has 0 spiro atoms. The summed E-state index contributed by atoms with van der Waals surface area (Å²) in [5.41, 5.74) is 1.22. The van der Waals surface area contributed by atoms with Gasteiger partial charge < -0.3 is 15.0 Å². The molecule has 1 fully saturated rings. The molecular formula is C15H23ClN2O2S. The second-order valence-electron chi connectivity index (χ2n) is 5.65. The second-order valence-corrected chi connectivity index (χ2v) is 6.79. The van der Waals surface area contributed by atoms with E-state index in [2.05, 4.69) is 5.32 Å². The lowest BCUT2D eigenvalue weighted by Gasteiger charge is -2.31. The Hall–Kier alpha value is -0.620. The van der Waals surface area contributed by atoms with Crippen LogP contribution in [0.2, 0.25) is 0 Å². The zero-order valence-electron chi connectivity index (χ0n) is 12.4. The molecule has 1 saturated heterocycles. The van der Waals surface area contributed by atoms with Crippen LogP contribution in [0.1, 0.15) is 33.0 Å². The van der Waals surface area contributed by atoms with Crippen LogP contribution in [0.25, 0.3) is 0 Å². The van der Waals surface area contributed by atoms with E-state index < -0.39 is 0 Å². The van der Waals surface area contributed by atoms with Gasteiger partial charge in [0.05, 0.1) is 18.1 Å². The van der Waals surface area contributed by atoms with Gasteiger partial charge in [-0.15, -0.1) is 23.7 Å². The van der Waals surface area contributed by atoms with E-state index in [4.69, 9.17) is 4.74 Å². The third kappa shape index (κ3) is 3.77. The molecule has 4 nitrogen and oxygen atoms in total. The molecule has 0 unspecified atom stereocenters. The normalized spacial score (nSPS) is 19.0. The predicted octanol–water partition coefficient (Wildman–Crippen LogP) is 2.31. The van der Waals surface area contributed by atoms with Gasteiger partial charge in [-0.3, -0.25) is 4.79 Å². The summed E-state index contributed by atoms with van der Waals surface area (Å²) in [4.78, 5) is 16.8. The number of fused-ring (bicyclic) bond motifs is 1. The van der Waals surface area contributed by atoms with Gasteiger partial charge in [0.2, 0.25) is 0 Å². The summed E-state index contributed by atoms with van der Waals surface area (Å²) < 4.78 is 5.45. The van der Waals surface area contributed by atoms with Crippen molar-refractivity contribution in [3.05, 3.63) is 21.4 Å². The first-order valence-corrected chi connectivity index (χ1v) is 8.23. The molecular weight excluding hydrogens is 308 g/mol. The lowest BCUT2D eigenvalue weighted by Crippen LogP contribution is -2.40. The Kier molecular flexibility index (Phi) is 6.05. The van der Waals surface area contributed by atoms with Crippen LogP contribution in [0.3, 0.4) is 0 Å². The summed E-state index contributed by atoms with van der Waals surface area (Å²) in [5.74, 6) is 0.932. The molecule has 1 aromatic heterocycles. The van der Waals surface area contributed by atoms with Crippen molar-refractivity contribution < 1.29 is 9.53 Å². The van der Waals surface area contributed by atoms with Crippen LogP contribution in [-0.4, -0.2) is 44.1 Å². The number of amides is 1. The molecule has 0 radical (unpaired) electrons. The molecule has 21 heavy (non-hydrogen) atoms. The van der Waals surface area contributed by atoms with E-state index in [0.29, 0.717) is 12.5 Å². The van der Waals surface area contributed by atoms with Crippen molar-refractivity contribution in [1.82, 2.24) is 10.2 Å². The minimum absolute atomic E-state index is 0. The SMILES string of the molecule is CNCC1CCN(C(=O)c2cc3c(s2)CCOC3)CC1.Cl. The smallest absolute Gasteiger partial charge is 0.263 e. The lowest BCUT2D eigenvalue weighted by molar-refractivity contribution is 0.0695. The number of nitrogens with zero attached hydrogens (tertiary/aromatic N) is 1. The monoisotopic (exact) mass is 330 g/mol. The highest BCUT2D eigenvalue weighted by atomic mass is 35.5. The van der Waals surface area contributed by atoms with Crippen LogP contribution in [-0.2, 0) is 17.8 Å². The largest absolute Gasteiger partial charge is 0.376 e. The Morgan fingerprint density at radius 1 is 1.48 bits per heavy atom. The maximum Gasteiger partial charge on any atom is 0.263 e. The third-order valence-corrected chi connectivity index (χ3v) is 5.46. The zero-order chi connectivity index (χ0) is 13.9. The molecule has 0 saturated carbocycles. The van der Waals surface area contributed by atoms with Crippen LogP contribution in [0, 0.1) is 5.92 Å². The number of carbonyl (C=O) groups excluding carboxylic acids is 1. The van der Waals surface area contributed by atoms with E-state index in [-0.39, 0.29) is 18.3 Å². The Balaban J connectivity index is 0.00000161. The number of rotatable bonds is 3. The first-order chi connectivity index (χ1) is 9.78. The fourth-order valence-electron chi connectivity index (χ4n) is 3.04. The quantitative estimate of drug-likeness (QED) is 0.924. The van der Waals surface area contributed by atoms with E-state index >= 15 is 0 Å². The maximum atomic E-state index is 12.6. The van der Waals surface area contributed by atoms with Crippen molar-refractivity contribution >= 4 is 29.7 Å². The van der Waals surface area contributed by atoms with Gasteiger partial charge in [-0.05, 0) is 44.0 Å². The number of carbonyl (C=O) groups is 1. The van der Waals surface area contributed by atoms with E-state index in [1.165, 1.54) is 10.4 Å². The van der Waals surface area contributed by atoms with Crippen molar-refractivity contribution in [3.63, 3.8) is 0 Å². The Bertz CT molecular complexity index is 461. The van der Waals surface area contributed by atoms with E-state index in [1.807, 2.05) is 18.0 Å². The number of hydrogen-bond acceptors (Lipinski definition) is 4. The van der Waals surface area contributed by atoms with Gasteiger partial charge in [0.1, 0.15) is 0 Å². The Morgan fingerprint density at radius 3 is 2.90 bits per heavy atom. The van der Waals surface area contributed by atoms with Gasteiger partial charge >= 0.3 is 0 Å². The third-order valence-electron chi connectivity index (χ3n) is 4.23. The summed E-state index contributed by atoms with van der Waals surface area (Å²) >= 11 is 1.66. The van der Waals surface area contributed by atoms with Crippen LogP contribution in [0.4, 0.5) is 0 Å². The maximum absolute atomic E-state index is 12.6. The molecule has 0 atom stereocenters. The summed E-state index contributed by atoms with van der Waals surface area (Å²) in [6.07, 6.45) is 3.18. The summed E-state index contributed by atoms with van der Waals surface area (Å²) in [6, 6.07) is 2.04. The van der Waals surface area contributed by atoms with Crippen molar-refractivity contribution in [2.75, 3.05) is 33.3 Å². The predicted molar refractivity (Wildman–Crippen MR) is 87.5 cm³/mol. The minimum Gasteiger partial charge on any atom is -0.376 e. The molecule has 0 aromatic carbocycles. The van der Waals surface area contributed by atoms with Gasteiger partial charge in [-0.25, -0.2) is 0 Å². The Morgan fingerprint density at radius 2 is 2.24 bits per heavy atom. The van der Waals surface area contributed by atoms with Gasteiger partial charge in [0, 0.05) is 24.4 Å². The Labute approximate surface area is 136 Å². The minimum atomic E-state index is 0. The van der Waals surface area contributed by atoms with Gasteiger partial charge in [0.25, 0.3) is 5.91 Å². The zero-order valence-corrected chi connectivity index (χ0v) is 14.0. The van der Waals surface area contributed by atoms with Crippen molar-refractivity contribution in [2.24, 2.45) is 5.92 Å². The van der Waals surface area contributed by atoms with E-state index in [9.17, 15) is 4.79 Å². The second kappa shape index (κ2) is 7.58. The van der Waals surface area contributed by atoms with Crippen LogP contribution >= 0.6 is 23.7 Å². The molecule has 0 aliphatic carbocycles. The van der Waals surface area contributed by atoms with Gasteiger partial charge in [-0.2, -0.15) is 0 Å². The summed E-state index contributed by atoms with van der Waals surface area (Å²) in [7, 11) is 2.00. The molecule has 6 heteroatoms. The number of likely N-dealkylation sites (tertiary alicyclic amines) is 1.